The maximum atomic E-state index is 12.7. The number of hydrogen-bond acceptors (Lipinski definition) is 3. The maximum Gasteiger partial charge on any atom is 0.252 e. The van der Waals surface area contributed by atoms with E-state index in [2.05, 4.69) is 17.4 Å². The molecular formula is C23H23NO3S. The summed E-state index contributed by atoms with van der Waals surface area (Å²) < 4.78 is 23.6. The van der Waals surface area contributed by atoms with Crippen LogP contribution in [0.25, 0.3) is 11.1 Å². The van der Waals surface area contributed by atoms with Gasteiger partial charge in [-0.05, 0) is 48.2 Å². The van der Waals surface area contributed by atoms with Gasteiger partial charge < -0.3 is 5.32 Å². The highest BCUT2D eigenvalue weighted by atomic mass is 32.2. The molecule has 0 aliphatic heterocycles. The molecule has 0 saturated heterocycles. The summed E-state index contributed by atoms with van der Waals surface area (Å²) in [5, 5.41) is 2.96. The molecule has 3 aromatic carbocycles. The average molecular weight is 394 g/mol. The Kier molecular flexibility index (Phi) is 5.66. The average Bonchev–Trinajstić information content (AvgIpc) is 2.68. The van der Waals surface area contributed by atoms with Crippen molar-refractivity contribution in [2.24, 2.45) is 0 Å². The van der Waals surface area contributed by atoms with Crippen molar-refractivity contribution in [3.05, 3.63) is 89.5 Å². The summed E-state index contributed by atoms with van der Waals surface area (Å²) in [5.41, 5.74) is 4.33. The van der Waals surface area contributed by atoms with Gasteiger partial charge in [0, 0.05) is 11.8 Å². The molecule has 0 fully saturated rings. The van der Waals surface area contributed by atoms with E-state index in [0.29, 0.717) is 5.56 Å². The zero-order valence-electron chi connectivity index (χ0n) is 16.1. The van der Waals surface area contributed by atoms with E-state index in [4.69, 9.17) is 0 Å². The normalized spacial score (nSPS) is 12.4. The second kappa shape index (κ2) is 7.98. The van der Waals surface area contributed by atoms with Crippen molar-refractivity contribution in [3.8, 4) is 11.1 Å². The number of aryl methyl sites for hydroxylation is 1. The van der Waals surface area contributed by atoms with E-state index in [9.17, 15) is 13.2 Å². The van der Waals surface area contributed by atoms with E-state index in [1.807, 2.05) is 49.4 Å². The zero-order valence-corrected chi connectivity index (χ0v) is 17.0. The Labute approximate surface area is 166 Å². The second-order valence-electron chi connectivity index (χ2n) is 6.93. The van der Waals surface area contributed by atoms with Crippen LogP contribution in [0.3, 0.4) is 0 Å². The van der Waals surface area contributed by atoms with E-state index < -0.39 is 9.84 Å². The third-order valence-electron chi connectivity index (χ3n) is 4.75. The lowest BCUT2D eigenvalue weighted by molar-refractivity contribution is 0.0939. The van der Waals surface area contributed by atoms with Gasteiger partial charge in [0.25, 0.3) is 5.91 Å². The van der Waals surface area contributed by atoms with Crippen molar-refractivity contribution in [1.82, 2.24) is 5.32 Å². The number of carbonyl (C=O) groups excluding carboxylic acids is 1. The van der Waals surface area contributed by atoms with Crippen LogP contribution in [0.1, 0.15) is 34.5 Å². The van der Waals surface area contributed by atoms with Gasteiger partial charge in [0.15, 0.2) is 9.84 Å². The number of nitrogens with one attached hydrogen (secondary N) is 1. The van der Waals surface area contributed by atoms with Crippen LogP contribution in [0.15, 0.2) is 77.7 Å². The van der Waals surface area contributed by atoms with Crippen molar-refractivity contribution in [2.45, 2.75) is 24.8 Å². The molecule has 0 spiro atoms. The number of benzene rings is 3. The number of sulfone groups is 1. The summed E-state index contributed by atoms with van der Waals surface area (Å²) in [6.45, 7) is 3.70. The highest BCUT2D eigenvalue weighted by Crippen LogP contribution is 2.22. The number of carbonyl (C=O) groups is 1. The third-order valence-corrected chi connectivity index (χ3v) is 5.86. The molecule has 144 valence electrons. The maximum absolute atomic E-state index is 12.7. The molecule has 3 rings (SSSR count). The standard InChI is InChI=1S/C23H23NO3S/c1-16-9-14-21(28(3,26)27)15-22(16)23(25)24-17(2)18-10-12-20(13-11-18)19-7-5-4-6-8-19/h4-15,17H,1-3H3,(H,24,25)/t17-/m1/s1. The van der Waals surface area contributed by atoms with Crippen LogP contribution in [0.4, 0.5) is 0 Å². The van der Waals surface area contributed by atoms with Gasteiger partial charge in [-0.1, -0.05) is 60.7 Å². The molecule has 0 heterocycles. The lowest BCUT2D eigenvalue weighted by Gasteiger charge is -2.16. The third kappa shape index (κ3) is 4.49. The Morgan fingerprint density at radius 2 is 1.50 bits per heavy atom. The Hall–Kier alpha value is -2.92. The number of amides is 1. The molecule has 1 amide bonds. The molecule has 0 bridgehead atoms. The summed E-state index contributed by atoms with van der Waals surface area (Å²) >= 11 is 0. The van der Waals surface area contributed by atoms with Crippen molar-refractivity contribution in [3.63, 3.8) is 0 Å². The highest BCUT2D eigenvalue weighted by Gasteiger charge is 2.17. The molecule has 0 saturated carbocycles. The first-order chi connectivity index (χ1) is 13.3. The molecule has 4 nitrogen and oxygen atoms in total. The second-order valence-corrected chi connectivity index (χ2v) is 8.95. The Morgan fingerprint density at radius 3 is 2.11 bits per heavy atom. The van der Waals surface area contributed by atoms with E-state index in [1.54, 1.807) is 13.0 Å². The molecule has 0 unspecified atom stereocenters. The lowest BCUT2D eigenvalue weighted by atomic mass is 10.0. The van der Waals surface area contributed by atoms with Gasteiger partial charge in [0.1, 0.15) is 0 Å². The van der Waals surface area contributed by atoms with E-state index >= 15 is 0 Å². The van der Waals surface area contributed by atoms with E-state index in [1.165, 1.54) is 12.1 Å². The molecule has 1 N–H and O–H groups in total. The fourth-order valence-electron chi connectivity index (χ4n) is 3.03. The summed E-state index contributed by atoms with van der Waals surface area (Å²) in [5.74, 6) is -0.289. The molecule has 0 aliphatic carbocycles. The van der Waals surface area contributed by atoms with Crippen molar-refractivity contribution in [2.75, 3.05) is 6.26 Å². The molecular weight excluding hydrogens is 370 g/mol. The van der Waals surface area contributed by atoms with Gasteiger partial charge in [-0.25, -0.2) is 8.42 Å². The minimum absolute atomic E-state index is 0.142. The van der Waals surface area contributed by atoms with Crippen LogP contribution >= 0.6 is 0 Å². The van der Waals surface area contributed by atoms with Gasteiger partial charge in [-0.2, -0.15) is 0 Å². The van der Waals surface area contributed by atoms with Gasteiger partial charge in [0.05, 0.1) is 10.9 Å². The van der Waals surface area contributed by atoms with Crippen molar-refractivity contribution in [1.29, 1.82) is 0 Å². The van der Waals surface area contributed by atoms with E-state index in [0.717, 1.165) is 28.5 Å². The first-order valence-electron chi connectivity index (χ1n) is 9.02. The monoisotopic (exact) mass is 393 g/mol. The van der Waals surface area contributed by atoms with Crippen LogP contribution in [0, 0.1) is 6.92 Å². The largest absolute Gasteiger partial charge is 0.346 e. The fourth-order valence-corrected chi connectivity index (χ4v) is 3.68. The quantitative estimate of drug-likeness (QED) is 0.691. The van der Waals surface area contributed by atoms with Crippen LogP contribution in [-0.2, 0) is 9.84 Å². The molecule has 3 aromatic rings. The predicted molar refractivity (Wildman–Crippen MR) is 112 cm³/mol. The molecule has 5 heteroatoms. The smallest absolute Gasteiger partial charge is 0.252 e. The number of rotatable bonds is 5. The Morgan fingerprint density at radius 1 is 0.893 bits per heavy atom. The Balaban J connectivity index is 1.78. The molecule has 28 heavy (non-hydrogen) atoms. The van der Waals surface area contributed by atoms with Crippen LogP contribution in [0.2, 0.25) is 0 Å². The Bertz CT molecular complexity index is 1090. The van der Waals surface area contributed by atoms with Gasteiger partial charge in [-0.15, -0.1) is 0 Å². The topological polar surface area (TPSA) is 63.2 Å². The van der Waals surface area contributed by atoms with Gasteiger partial charge in [-0.3, -0.25) is 4.79 Å². The first-order valence-corrected chi connectivity index (χ1v) is 10.9. The van der Waals surface area contributed by atoms with Crippen LogP contribution in [-0.4, -0.2) is 20.6 Å². The molecule has 1 atom stereocenters. The number of hydrogen-bond donors (Lipinski definition) is 1. The molecule has 0 aliphatic rings. The zero-order chi connectivity index (χ0) is 20.3. The first kappa shape index (κ1) is 19.8. The molecule has 0 radical (unpaired) electrons. The fraction of sp³-hybridized carbons (Fsp3) is 0.174. The van der Waals surface area contributed by atoms with Gasteiger partial charge in [0.2, 0.25) is 0 Å². The van der Waals surface area contributed by atoms with E-state index in [-0.39, 0.29) is 16.8 Å². The van der Waals surface area contributed by atoms with Crippen molar-refractivity contribution < 1.29 is 13.2 Å². The summed E-state index contributed by atoms with van der Waals surface area (Å²) in [7, 11) is -3.37. The SMILES string of the molecule is Cc1ccc(S(C)(=O)=O)cc1C(=O)N[C@H](C)c1ccc(-c2ccccc2)cc1. The lowest BCUT2D eigenvalue weighted by Crippen LogP contribution is -2.27. The molecule has 0 aromatic heterocycles. The minimum atomic E-state index is -3.37. The van der Waals surface area contributed by atoms with Crippen molar-refractivity contribution >= 4 is 15.7 Å². The highest BCUT2D eigenvalue weighted by molar-refractivity contribution is 7.90. The minimum Gasteiger partial charge on any atom is -0.346 e. The summed E-state index contributed by atoms with van der Waals surface area (Å²) in [4.78, 5) is 12.9. The van der Waals surface area contributed by atoms with Crippen LogP contribution < -0.4 is 5.32 Å². The predicted octanol–water partition coefficient (Wildman–Crippen LogP) is 4.56. The summed E-state index contributed by atoms with van der Waals surface area (Å²) in [6, 6.07) is 22.5. The van der Waals surface area contributed by atoms with Crippen LogP contribution in [0.5, 0.6) is 0 Å². The van der Waals surface area contributed by atoms with Gasteiger partial charge >= 0.3 is 0 Å². The summed E-state index contributed by atoms with van der Waals surface area (Å²) in [6.07, 6.45) is 1.14.